The summed E-state index contributed by atoms with van der Waals surface area (Å²) in [5.41, 5.74) is 1.86. The second-order valence-corrected chi connectivity index (χ2v) is 6.55. The van der Waals surface area contributed by atoms with Crippen LogP contribution in [0.2, 0.25) is 0 Å². The van der Waals surface area contributed by atoms with Crippen LogP contribution in [0.1, 0.15) is 37.7 Å². The monoisotopic (exact) mass is 288 g/mol. The van der Waals surface area contributed by atoms with E-state index in [9.17, 15) is 0 Å². The lowest BCUT2D eigenvalue weighted by Gasteiger charge is -2.50. The molecule has 3 nitrogen and oxygen atoms in total. The predicted molar refractivity (Wildman–Crippen MR) is 87.0 cm³/mol. The number of nitrogens with one attached hydrogen (secondary N) is 1. The summed E-state index contributed by atoms with van der Waals surface area (Å²) in [6.45, 7) is 4.73. The molecule has 1 heterocycles. The Bertz CT molecular complexity index is 429. The molecule has 0 atom stereocenters. The van der Waals surface area contributed by atoms with Crippen LogP contribution < -0.4 is 10.1 Å². The van der Waals surface area contributed by atoms with E-state index in [1.165, 1.54) is 57.3 Å². The fourth-order valence-electron chi connectivity index (χ4n) is 3.99. The summed E-state index contributed by atoms with van der Waals surface area (Å²) in [6.07, 6.45) is 8.13. The number of methoxy groups -OCH3 is 1. The van der Waals surface area contributed by atoms with Gasteiger partial charge in [-0.25, -0.2) is 0 Å². The van der Waals surface area contributed by atoms with Gasteiger partial charge in [0.1, 0.15) is 5.75 Å². The molecule has 1 N–H and O–H groups in total. The van der Waals surface area contributed by atoms with Crippen LogP contribution in [0, 0.1) is 0 Å². The molecule has 0 amide bonds. The van der Waals surface area contributed by atoms with E-state index >= 15 is 0 Å². The first-order chi connectivity index (χ1) is 10.3. The third-order valence-electron chi connectivity index (χ3n) is 5.30. The maximum atomic E-state index is 5.23. The van der Waals surface area contributed by atoms with Crippen molar-refractivity contribution >= 4 is 0 Å². The lowest BCUT2D eigenvalue weighted by Crippen LogP contribution is -2.62. The zero-order valence-electron chi connectivity index (χ0n) is 13.2. The SMILES string of the molecule is COc1ccc(CCN2CCNCC23CCCCC3)cc1. The van der Waals surface area contributed by atoms with E-state index in [1.807, 2.05) is 0 Å². The summed E-state index contributed by atoms with van der Waals surface area (Å²) in [6, 6.07) is 8.55. The molecule has 116 valence electrons. The Labute approximate surface area is 128 Å². The molecule has 0 aromatic heterocycles. The second kappa shape index (κ2) is 6.80. The van der Waals surface area contributed by atoms with E-state index in [4.69, 9.17) is 4.74 Å². The first kappa shape index (κ1) is 14.9. The summed E-state index contributed by atoms with van der Waals surface area (Å²) in [5, 5.41) is 3.63. The maximum Gasteiger partial charge on any atom is 0.118 e. The summed E-state index contributed by atoms with van der Waals surface area (Å²) < 4.78 is 5.23. The van der Waals surface area contributed by atoms with Crippen molar-refractivity contribution in [3.8, 4) is 5.75 Å². The van der Waals surface area contributed by atoms with E-state index < -0.39 is 0 Å². The van der Waals surface area contributed by atoms with Crippen molar-refractivity contribution < 1.29 is 4.74 Å². The van der Waals surface area contributed by atoms with Crippen LogP contribution in [0.15, 0.2) is 24.3 Å². The van der Waals surface area contributed by atoms with Crippen molar-refractivity contribution in [3.63, 3.8) is 0 Å². The summed E-state index contributed by atoms with van der Waals surface area (Å²) in [7, 11) is 1.72. The molecule has 0 bridgehead atoms. The molecule has 1 aromatic carbocycles. The van der Waals surface area contributed by atoms with Crippen LogP contribution in [0.3, 0.4) is 0 Å². The molecule has 1 saturated carbocycles. The average Bonchev–Trinajstić information content (AvgIpc) is 2.55. The summed E-state index contributed by atoms with van der Waals surface area (Å²) in [4.78, 5) is 2.77. The van der Waals surface area contributed by atoms with E-state index in [0.29, 0.717) is 5.54 Å². The predicted octanol–water partition coefficient (Wildman–Crippen LogP) is 2.85. The average molecular weight is 288 g/mol. The van der Waals surface area contributed by atoms with Gasteiger partial charge in [-0.05, 0) is 37.0 Å². The van der Waals surface area contributed by atoms with Gasteiger partial charge in [0.25, 0.3) is 0 Å². The van der Waals surface area contributed by atoms with Crippen LogP contribution in [-0.4, -0.2) is 43.7 Å². The van der Waals surface area contributed by atoms with Crippen molar-refractivity contribution in [3.05, 3.63) is 29.8 Å². The zero-order valence-corrected chi connectivity index (χ0v) is 13.2. The van der Waals surface area contributed by atoms with Crippen molar-refractivity contribution in [1.82, 2.24) is 10.2 Å². The maximum absolute atomic E-state index is 5.23. The highest BCUT2D eigenvalue weighted by Crippen LogP contribution is 2.34. The smallest absolute Gasteiger partial charge is 0.118 e. The van der Waals surface area contributed by atoms with Crippen molar-refractivity contribution in [2.45, 2.75) is 44.1 Å². The number of benzene rings is 1. The lowest BCUT2D eigenvalue weighted by atomic mass is 9.79. The summed E-state index contributed by atoms with van der Waals surface area (Å²) >= 11 is 0. The third-order valence-corrected chi connectivity index (χ3v) is 5.30. The highest BCUT2D eigenvalue weighted by atomic mass is 16.5. The van der Waals surface area contributed by atoms with Gasteiger partial charge in [-0.1, -0.05) is 31.4 Å². The fourth-order valence-corrected chi connectivity index (χ4v) is 3.99. The van der Waals surface area contributed by atoms with Crippen LogP contribution in [-0.2, 0) is 6.42 Å². The van der Waals surface area contributed by atoms with Gasteiger partial charge >= 0.3 is 0 Å². The highest BCUT2D eigenvalue weighted by molar-refractivity contribution is 5.27. The van der Waals surface area contributed by atoms with Gasteiger partial charge in [0.05, 0.1) is 7.11 Å². The quantitative estimate of drug-likeness (QED) is 0.922. The Morgan fingerprint density at radius 1 is 1.14 bits per heavy atom. The van der Waals surface area contributed by atoms with Crippen LogP contribution in [0.25, 0.3) is 0 Å². The first-order valence-electron chi connectivity index (χ1n) is 8.41. The molecule has 1 aromatic rings. The Morgan fingerprint density at radius 3 is 2.62 bits per heavy atom. The van der Waals surface area contributed by atoms with Crippen molar-refractivity contribution in [2.24, 2.45) is 0 Å². The Hall–Kier alpha value is -1.06. The minimum atomic E-state index is 0.447. The normalized spacial score (nSPS) is 22.3. The van der Waals surface area contributed by atoms with Gasteiger partial charge < -0.3 is 10.1 Å². The molecule has 3 rings (SSSR count). The minimum Gasteiger partial charge on any atom is -0.497 e. The molecule has 2 fully saturated rings. The van der Waals surface area contributed by atoms with Gasteiger partial charge in [0.2, 0.25) is 0 Å². The van der Waals surface area contributed by atoms with E-state index in [-0.39, 0.29) is 0 Å². The number of piperazine rings is 1. The van der Waals surface area contributed by atoms with Crippen LogP contribution in [0.4, 0.5) is 0 Å². The highest BCUT2D eigenvalue weighted by Gasteiger charge is 2.39. The number of hydrogen-bond acceptors (Lipinski definition) is 3. The third kappa shape index (κ3) is 3.41. The van der Waals surface area contributed by atoms with Gasteiger partial charge in [0.15, 0.2) is 0 Å². The molecule has 1 aliphatic carbocycles. The van der Waals surface area contributed by atoms with Gasteiger partial charge in [0, 0.05) is 31.7 Å². The fraction of sp³-hybridized carbons (Fsp3) is 0.667. The minimum absolute atomic E-state index is 0.447. The molecule has 1 aliphatic heterocycles. The number of hydrogen-bond donors (Lipinski definition) is 1. The molecule has 1 saturated heterocycles. The number of nitrogens with zero attached hydrogens (tertiary/aromatic N) is 1. The molecule has 3 heteroatoms. The Kier molecular flexibility index (Phi) is 4.81. The second-order valence-electron chi connectivity index (χ2n) is 6.55. The first-order valence-corrected chi connectivity index (χ1v) is 8.41. The number of ether oxygens (including phenoxy) is 1. The van der Waals surface area contributed by atoms with Gasteiger partial charge in [-0.15, -0.1) is 0 Å². The molecule has 21 heavy (non-hydrogen) atoms. The van der Waals surface area contributed by atoms with Crippen LogP contribution >= 0.6 is 0 Å². The van der Waals surface area contributed by atoms with Crippen LogP contribution in [0.5, 0.6) is 5.75 Å². The van der Waals surface area contributed by atoms with Gasteiger partial charge in [-0.3, -0.25) is 4.90 Å². The van der Waals surface area contributed by atoms with E-state index in [2.05, 4.69) is 34.5 Å². The van der Waals surface area contributed by atoms with Crippen molar-refractivity contribution in [2.75, 3.05) is 33.3 Å². The number of rotatable bonds is 4. The Morgan fingerprint density at radius 2 is 1.90 bits per heavy atom. The molecule has 2 aliphatic rings. The molecular weight excluding hydrogens is 260 g/mol. The molecule has 1 spiro atoms. The van der Waals surface area contributed by atoms with Crippen molar-refractivity contribution in [1.29, 1.82) is 0 Å². The molecular formula is C18H28N2O. The lowest BCUT2D eigenvalue weighted by molar-refractivity contribution is 0.0286. The zero-order chi connectivity index (χ0) is 14.5. The van der Waals surface area contributed by atoms with Gasteiger partial charge in [-0.2, -0.15) is 0 Å². The topological polar surface area (TPSA) is 24.5 Å². The Balaban J connectivity index is 1.61. The van der Waals surface area contributed by atoms with E-state index in [0.717, 1.165) is 18.7 Å². The van der Waals surface area contributed by atoms with E-state index in [1.54, 1.807) is 7.11 Å². The standard InChI is InChI=1S/C18H28N2O/c1-21-17-7-5-16(6-8-17)9-13-20-14-12-19-15-18(20)10-3-2-4-11-18/h5-8,19H,2-4,9-15H2,1H3. The molecule has 0 unspecified atom stereocenters. The summed E-state index contributed by atoms with van der Waals surface area (Å²) in [5.74, 6) is 0.949. The largest absolute Gasteiger partial charge is 0.497 e. The molecule has 0 radical (unpaired) electrons.